The largest absolute Gasteiger partial charge is 0.0697 e. The lowest BCUT2D eigenvalue weighted by atomic mass is 9.81. The Kier molecular flexibility index (Phi) is 6.63. The minimum Gasteiger partial charge on any atom is -0.0697 e. The summed E-state index contributed by atoms with van der Waals surface area (Å²) in [5.41, 5.74) is 11.8. The van der Waals surface area contributed by atoms with Crippen molar-refractivity contribution in [3.8, 4) is 11.1 Å². The SMILES string of the molecule is CC(C)P(c1ccccc1C1c2cc(C(C)(C)C)ccc2-c2ccc(C(C)(C)C)cc21)C(C)C. The molecule has 0 radical (unpaired) electrons. The van der Waals surface area contributed by atoms with Gasteiger partial charge in [-0.2, -0.15) is 0 Å². The monoisotopic (exact) mass is 470 g/mol. The summed E-state index contributed by atoms with van der Waals surface area (Å²) in [6.07, 6.45) is 0. The first kappa shape index (κ1) is 25.2. The lowest BCUT2D eigenvalue weighted by Crippen LogP contribution is -2.21. The summed E-state index contributed by atoms with van der Waals surface area (Å²) in [5, 5.41) is 1.59. The molecule has 0 heterocycles. The standard InChI is InChI=1S/C33H43P/c1-21(2)34(22(3)4)30-14-12-11-13-27(30)31-28-19-23(32(5,6)7)15-17-25(28)26-18-16-24(20-29(26)31)33(8,9)10/h11-22,31H,1-10H3. The number of fused-ring (bicyclic) bond motifs is 3. The van der Waals surface area contributed by atoms with E-state index in [9.17, 15) is 0 Å². The van der Waals surface area contributed by atoms with Crippen molar-refractivity contribution >= 4 is 13.2 Å². The maximum Gasteiger partial charge on any atom is 0.0358 e. The van der Waals surface area contributed by atoms with Crippen LogP contribution in [0.5, 0.6) is 0 Å². The van der Waals surface area contributed by atoms with Gasteiger partial charge in [-0.1, -0.05) is 138 Å². The molecule has 3 aromatic rings. The Morgan fingerprint density at radius 2 is 1.03 bits per heavy atom. The molecule has 34 heavy (non-hydrogen) atoms. The Morgan fingerprint density at radius 1 is 0.588 bits per heavy atom. The molecule has 0 atom stereocenters. The quantitative estimate of drug-likeness (QED) is 0.261. The van der Waals surface area contributed by atoms with Gasteiger partial charge in [-0.05, 0) is 66.4 Å². The van der Waals surface area contributed by atoms with Crippen molar-refractivity contribution < 1.29 is 0 Å². The molecule has 1 aliphatic carbocycles. The molecule has 1 heteroatoms. The van der Waals surface area contributed by atoms with Gasteiger partial charge in [0, 0.05) is 5.92 Å². The predicted molar refractivity (Wildman–Crippen MR) is 153 cm³/mol. The van der Waals surface area contributed by atoms with Gasteiger partial charge in [-0.25, -0.2) is 0 Å². The minimum atomic E-state index is -0.250. The van der Waals surface area contributed by atoms with Gasteiger partial charge in [-0.3, -0.25) is 0 Å². The van der Waals surface area contributed by atoms with Crippen molar-refractivity contribution in [2.45, 2.75) is 97.3 Å². The van der Waals surface area contributed by atoms with Gasteiger partial charge < -0.3 is 0 Å². The van der Waals surface area contributed by atoms with Gasteiger partial charge >= 0.3 is 0 Å². The van der Waals surface area contributed by atoms with Crippen molar-refractivity contribution in [1.82, 2.24) is 0 Å². The third-order valence-electron chi connectivity index (χ3n) is 7.39. The average molecular weight is 471 g/mol. The number of rotatable bonds is 4. The van der Waals surface area contributed by atoms with Crippen LogP contribution < -0.4 is 5.30 Å². The second kappa shape index (κ2) is 8.95. The minimum absolute atomic E-state index is 0.132. The van der Waals surface area contributed by atoms with Crippen LogP contribution in [0, 0.1) is 0 Å². The van der Waals surface area contributed by atoms with Crippen molar-refractivity contribution in [2.24, 2.45) is 0 Å². The molecule has 4 rings (SSSR count). The highest BCUT2D eigenvalue weighted by Crippen LogP contribution is 2.53. The zero-order valence-electron chi connectivity index (χ0n) is 23.0. The molecular formula is C33H43P. The molecule has 0 spiro atoms. The third-order valence-corrected chi connectivity index (χ3v) is 10.6. The van der Waals surface area contributed by atoms with E-state index >= 15 is 0 Å². The summed E-state index contributed by atoms with van der Waals surface area (Å²) in [7, 11) is -0.250. The molecule has 0 aliphatic heterocycles. The van der Waals surface area contributed by atoms with E-state index < -0.39 is 0 Å². The van der Waals surface area contributed by atoms with Crippen LogP contribution in [0.15, 0.2) is 60.7 Å². The fraction of sp³-hybridized carbons (Fsp3) is 0.455. The lowest BCUT2D eigenvalue weighted by molar-refractivity contribution is 0.589. The lowest BCUT2D eigenvalue weighted by Gasteiger charge is -2.31. The Balaban J connectivity index is 2.02. The zero-order chi connectivity index (χ0) is 25.0. The molecule has 0 saturated heterocycles. The van der Waals surface area contributed by atoms with Gasteiger partial charge in [0.05, 0.1) is 0 Å². The van der Waals surface area contributed by atoms with E-state index in [-0.39, 0.29) is 18.8 Å². The van der Waals surface area contributed by atoms with E-state index in [0.717, 1.165) is 0 Å². The van der Waals surface area contributed by atoms with Crippen LogP contribution >= 0.6 is 7.92 Å². The summed E-state index contributed by atoms with van der Waals surface area (Å²) < 4.78 is 0. The molecule has 1 aliphatic rings. The first-order chi connectivity index (χ1) is 15.8. The second-order valence-corrected chi connectivity index (χ2v) is 16.1. The molecule has 0 amide bonds. The summed E-state index contributed by atoms with van der Waals surface area (Å²) in [6.45, 7) is 23.6. The Labute approximate surface area is 210 Å². The van der Waals surface area contributed by atoms with E-state index in [2.05, 4.69) is 130 Å². The van der Waals surface area contributed by atoms with Crippen LogP contribution in [-0.2, 0) is 10.8 Å². The molecule has 0 saturated carbocycles. The van der Waals surface area contributed by atoms with Gasteiger partial charge in [0.1, 0.15) is 0 Å². The van der Waals surface area contributed by atoms with Crippen LogP contribution in [0.1, 0.15) is 103 Å². The fourth-order valence-corrected chi connectivity index (χ4v) is 8.71. The summed E-state index contributed by atoms with van der Waals surface area (Å²) >= 11 is 0. The highest BCUT2D eigenvalue weighted by atomic mass is 31.1. The second-order valence-electron chi connectivity index (χ2n) is 12.7. The van der Waals surface area contributed by atoms with E-state index in [1.165, 1.54) is 38.9 Å². The number of hydrogen-bond donors (Lipinski definition) is 0. The molecule has 3 aromatic carbocycles. The third kappa shape index (κ3) is 4.52. The molecule has 0 nitrogen and oxygen atoms in total. The van der Waals surface area contributed by atoms with Crippen molar-refractivity contribution in [2.75, 3.05) is 0 Å². The maximum absolute atomic E-state index is 2.51. The Morgan fingerprint density at radius 3 is 1.44 bits per heavy atom. The van der Waals surface area contributed by atoms with Crippen LogP contribution in [0.2, 0.25) is 0 Å². The molecule has 0 N–H and O–H groups in total. The van der Waals surface area contributed by atoms with Gasteiger partial charge in [0.15, 0.2) is 0 Å². The molecular weight excluding hydrogens is 427 g/mol. The highest BCUT2D eigenvalue weighted by Gasteiger charge is 2.35. The van der Waals surface area contributed by atoms with Crippen LogP contribution in [0.4, 0.5) is 0 Å². The van der Waals surface area contributed by atoms with Crippen molar-refractivity contribution in [3.05, 3.63) is 88.5 Å². The average Bonchev–Trinajstić information content (AvgIpc) is 3.05. The molecule has 0 unspecified atom stereocenters. The van der Waals surface area contributed by atoms with Gasteiger partial charge in [0.2, 0.25) is 0 Å². The molecule has 0 fully saturated rings. The zero-order valence-corrected chi connectivity index (χ0v) is 23.8. The summed E-state index contributed by atoms with van der Waals surface area (Å²) in [6, 6.07) is 23.9. The maximum atomic E-state index is 2.51. The van der Waals surface area contributed by atoms with Crippen molar-refractivity contribution in [3.63, 3.8) is 0 Å². The fourth-order valence-electron chi connectivity index (χ4n) is 5.65. The van der Waals surface area contributed by atoms with E-state index in [0.29, 0.717) is 17.2 Å². The molecule has 0 aromatic heterocycles. The number of hydrogen-bond acceptors (Lipinski definition) is 0. The van der Waals surface area contributed by atoms with Gasteiger partial charge in [-0.15, -0.1) is 0 Å². The van der Waals surface area contributed by atoms with Crippen molar-refractivity contribution in [1.29, 1.82) is 0 Å². The van der Waals surface area contributed by atoms with E-state index in [1.807, 2.05) is 0 Å². The predicted octanol–water partition coefficient (Wildman–Crippen LogP) is 9.37. The molecule has 0 bridgehead atoms. The van der Waals surface area contributed by atoms with E-state index in [4.69, 9.17) is 0 Å². The topological polar surface area (TPSA) is 0 Å². The Bertz CT molecular complexity index is 1110. The first-order valence-electron chi connectivity index (χ1n) is 13.0. The first-order valence-corrected chi connectivity index (χ1v) is 14.4. The van der Waals surface area contributed by atoms with E-state index in [1.54, 1.807) is 5.30 Å². The number of benzene rings is 3. The Hall–Kier alpha value is -1.91. The van der Waals surface area contributed by atoms with Crippen LogP contribution in [0.25, 0.3) is 11.1 Å². The van der Waals surface area contributed by atoms with Gasteiger partial charge in [0.25, 0.3) is 0 Å². The smallest absolute Gasteiger partial charge is 0.0358 e. The summed E-state index contributed by atoms with van der Waals surface area (Å²) in [5.74, 6) is 0.299. The van der Waals surface area contributed by atoms with Crippen LogP contribution in [0.3, 0.4) is 0 Å². The van der Waals surface area contributed by atoms with Crippen LogP contribution in [-0.4, -0.2) is 11.3 Å². The highest BCUT2D eigenvalue weighted by molar-refractivity contribution is 7.67. The molecule has 180 valence electrons. The summed E-state index contributed by atoms with van der Waals surface area (Å²) in [4.78, 5) is 0. The normalized spacial score (nSPS) is 14.3.